The van der Waals surface area contributed by atoms with Crippen LogP contribution in [-0.2, 0) is 22.6 Å². The van der Waals surface area contributed by atoms with Crippen LogP contribution in [0, 0.1) is 11.2 Å². The van der Waals surface area contributed by atoms with Crippen LogP contribution in [0.1, 0.15) is 33.9 Å². The van der Waals surface area contributed by atoms with E-state index in [1.807, 2.05) is 6.08 Å². The second-order valence-corrected chi connectivity index (χ2v) is 11.8. The standard InChI is InChI=1S/C28H21F4N5O3S/c29-20-4-6-21(7-5-20)37-24-13-19-10-12-36(41(39,40)22-8-9-25(34-16-22)28(30,31)32)17-27(19,14-18(24)15-35-37)26(38)23-3-1-2-11-33-23/h1-9,11,13,15-16H,10,12,14,17H2/t27-/m0/s1. The van der Waals surface area contributed by atoms with Crippen LogP contribution >= 0.6 is 0 Å². The summed E-state index contributed by atoms with van der Waals surface area (Å²) in [4.78, 5) is 21.2. The van der Waals surface area contributed by atoms with Crippen LogP contribution in [0.4, 0.5) is 17.6 Å². The number of alkyl halides is 3. The van der Waals surface area contributed by atoms with Crippen molar-refractivity contribution in [2.75, 3.05) is 13.1 Å². The third-order valence-corrected chi connectivity index (χ3v) is 9.28. The molecule has 3 aromatic heterocycles. The zero-order chi connectivity index (χ0) is 29.0. The highest BCUT2D eigenvalue weighted by molar-refractivity contribution is 7.89. The van der Waals surface area contributed by atoms with Crippen molar-refractivity contribution in [1.82, 2.24) is 24.1 Å². The Morgan fingerprint density at radius 1 is 0.976 bits per heavy atom. The smallest absolute Gasteiger partial charge is 0.291 e. The second kappa shape index (κ2) is 9.70. The lowest BCUT2D eigenvalue weighted by Crippen LogP contribution is -2.53. The van der Waals surface area contributed by atoms with Crippen LogP contribution in [-0.4, -0.2) is 51.3 Å². The molecule has 0 amide bonds. The van der Waals surface area contributed by atoms with E-state index in [1.165, 1.54) is 18.3 Å². The summed E-state index contributed by atoms with van der Waals surface area (Å²) in [6.07, 6.45) is 1.14. The minimum Gasteiger partial charge on any atom is -0.291 e. The van der Waals surface area contributed by atoms with Gasteiger partial charge in [0.2, 0.25) is 10.0 Å². The van der Waals surface area contributed by atoms with Gasteiger partial charge in [-0.1, -0.05) is 11.6 Å². The van der Waals surface area contributed by atoms with Gasteiger partial charge in [0.05, 0.1) is 23.0 Å². The summed E-state index contributed by atoms with van der Waals surface area (Å²) in [6.45, 7) is -0.259. The van der Waals surface area contributed by atoms with Gasteiger partial charge in [-0.25, -0.2) is 17.5 Å². The number of Topliss-reactive ketones (excluding diaryl/α,β-unsaturated/α-hetero) is 1. The zero-order valence-electron chi connectivity index (χ0n) is 21.2. The van der Waals surface area contributed by atoms with Crippen LogP contribution in [0.3, 0.4) is 0 Å². The van der Waals surface area contributed by atoms with Gasteiger partial charge in [-0.2, -0.15) is 22.6 Å². The number of rotatable bonds is 5. The van der Waals surface area contributed by atoms with Crippen molar-refractivity contribution in [3.63, 3.8) is 0 Å². The summed E-state index contributed by atoms with van der Waals surface area (Å²) >= 11 is 0. The van der Waals surface area contributed by atoms with E-state index in [0.717, 1.165) is 10.4 Å². The highest BCUT2D eigenvalue weighted by atomic mass is 32.2. The Kier molecular flexibility index (Phi) is 6.38. The van der Waals surface area contributed by atoms with Crippen molar-refractivity contribution >= 4 is 21.9 Å². The lowest BCUT2D eigenvalue weighted by Gasteiger charge is -2.44. The molecule has 0 radical (unpaired) electrons. The molecule has 210 valence electrons. The van der Waals surface area contributed by atoms with Crippen LogP contribution < -0.4 is 0 Å². The predicted octanol–water partition coefficient (Wildman–Crippen LogP) is 4.72. The van der Waals surface area contributed by atoms with E-state index in [2.05, 4.69) is 15.1 Å². The number of sulfonamides is 1. The van der Waals surface area contributed by atoms with E-state index in [0.29, 0.717) is 34.8 Å². The number of halogens is 4. The maximum atomic E-state index is 14.1. The SMILES string of the molecule is O=C(c1ccccn1)[C@]12Cc3cnn(-c4ccc(F)cc4)c3C=C1CCN(S(=O)(=O)c1ccc(C(F)(F)F)nc1)C2. The average Bonchev–Trinajstić information content (AvgIpc) is 3.37. The maximum Gasteiger partial charge on any atom is 0.433 e. The quantitative estimate of drug-likeness (QED) is 0.249. The first-order valence-electron chi connectivity index (χ1n) is 12.5. The molecule has 1 atom stereocenters. The van der Waals surface area contributed by atoms with Gasteiger partial charge in [-0.15, -0.1) is 0 Å². The molecule has 8 nitrogen and oxygen atoms in total. The Bertz CT molecular complexity index is 1770. The molecular formula is C28H21F4N5O3S. The fourth-order valence-electron chi connectivity index (χ4n) is 5.40. The van der Waals surface area contributed by atoms with Crippen LogP contribution in [0.2, 0.25) is 0 Å². The number of nitrogens with zero attached hydrogens (tertiary/aromatic N) is 5. The molecule has 41 heavy (non-hydrogen) atoms. The molecule has 0 N–H and O–H groups in total. The molecule has 0 spiro atoms. The molecule has 6 rings (SSSR count). The number of carbonyl (C=O) groups is 1. The molecule has 13 heteroatoms. The van der Waals surface area contributed by atoms with E-state index < -0.39 is 38.0 Å². The minimum absolute atomic E-state index is 0.00748. The van der Waals surface area contributed by atoms with Crippen molar-refractivity contribution in [2.45, 2.75) is 23.9 Å². The Morgan fingerprint density at radius 3 is 2.41 bits per heavy atom. The number of pyridine rings is 2. The Hall–Kier alpha value is -4.23. The topological polar surface area (TPSA) is 98.0 Å². The first kappa shape index (κ1) is 27.0. The third-order valence-electron chi connectivity index (χ3n) is 7.45. The summed E-state index contributed by atoms with van der Waals surface area (Å²) in [6, 6.07) is 12.1. The van der Waals surface area contributed by atoms with Gasteiger partial charge in [0.1, 0.15) is 22.1 Å². The fourth-order valence-corrected chi connectivity index (χ4v) is 6.85. The third kappa shape index (κ3) is 4.64. The average molecular weight is 584 g/mol. The Labute approximate surface area is 232 Å². The number of hydrogen-bond donors (Lipinski definition) is 0. The first-order chi connectivity index (χ1) is 19.5. The Balaban J connectivity index is 1.41. The van der Waals surface area contributed by atoms with Gasteiger partial charge >= 0.3 is 6.18 Å². The number of aromatic nitrogens is 4. The van der Waals surface area contributed by atoms with Crippen LogP contribution in [0.15, 0.2) is 83.7 Å². The van der Waals surface area contributed by atoms with Crippen LogP contribution in [0.25, 0.3) is 11.8 Å². The number of carbonyl (C=O) groups excluding carboxylic acids is 1. The van der Waals surface area contributed by atoms with E-state index in [1.54, 1.807) is 41.2 Å². The maximum absolute atomic E-state index is 14.1. The molecule has 2 aliphatic rings. The molecule has 0 bridgehead atoms. The Morgan fingerprint density at radius 2 is 1.76 bits per heavy atom. The molecule has 4 aromatic rings. The highest BCUT2D eigenvalue weighted by Crippen LogP contribution is 2.47. The normalized spacial score (nSPS) is 19.3. The molecule has 0 unspecified atom stereocenters. The molecule has 4 heterocycles. The molecule has 0 saturated carbocycles. The van der Waals surface area contributed by atoms with Gasteiger partial charge in [0, 0.05) is 25.5 Å². The van der Waals surface area contributed by atoms with Crippen molar-refractivity contribution in [1.29, 1.82) is 0 Å². The van der Waals surface area contributed by atoms with Crippen LogP contribution in [0.5, 0.6) is 0 Å². The van der Waals surface area contributed by atoms with Gasteiger partial charge in [0.25, 0.3) is 0 Å². The van der Waals surface area contributed by atoms with Gasteiger partial charge in [-0.3, -0.25) is 14.8 Å². The lowest BCUT2D eigenvalue weighted by molar-refractivity contribution is -0.141. The number of hydrogen-bond acceptors (Lipinski definition) is 6. The largest absolute Gasteiger partial charge is 0.433 e. The molecule has 1 fully saturated rings. The van der Waals surface area contributed by atoms with E-state index in [4.69, 9.17) is 0 Å². The summed E-state index contributed by atoms with van der Waals surface area (Å²) in [5, 5.41) is 4.45. The van der Waals surface area contributed by atoms with Crippen molar-refractivity contribution < 1.29 is 30.8 Å². The molecule has 1 aliphatic carbocycles. The number of benzene rings is 1. The number of piperidine rings is 1. The van der Waals surface area contributed by atoms with Gasteiger partial charge < -0.3 is 0 Å². The number of fused-ring (bicyclic) bond motifs is 2. The monoisotopic (exact) mass is 583 g/mol. The summed E-state index contributed by atoms with van der Waals surface area (Å²) in [5.41, 5.74) is 0.285. The van der Waals surface area contributed by atoms with E-state index >= 15 is 0 Å². The molecular weight excluding hydrogens is 562 g/mol. The van der Waals surface area contributed by atoms with Crippen molar-refractivity contribution in [3.8, 4) is 5.69 Å². The summed E-state index contributed by atoms with van der Waals surface area (Å²) in [5.74, 6) is -0.778. The van der Waals surface area contributed by atoms with Gasteiger partial charge in [0.15, 0.2) is 5.78 Å². The van der Waals surface area contributed by atoms with Crippen molar-refractivity contribution in [3.05, 3.63) is 107 Å². The molecule has 1 aromatic carbocycles. The number of ketones is 1. The fraction of sp³-hybridized carbons (Fsp3) is 0.214. The summed E-state index contributed by atoms with van der Waals surface area (Å²) < 4.78 is 82.5. The van der Waals surface area contributed by atoms with Gasteiger partial charge in [-0.05, 0) is 73.0 Å². The van der Waals surface area contributed by atoms with Crippen molar-refractivity contribution in [2.24, 2.45) is 5.41 Å². The predicted molar refractivity (Wildman–Crippen MR) is 139 cm³/mol. The van der Waals surface area contributed by atoms with E-state index in [-0.39, 0.29) is 37.4 Å². The summed E-state index contributed by atoms with van der Waals surface area (Å²) in [7, 11) is -4.30. The lowest BCUT2D eigenvalue weighted by atomic mass is 9.65. The molecule has 1 aliphatic heterocycles. The second-order valence-electron chi connectivity index (χ2n) is 9.88. The first-order valence-corrected chi connectivity index (χ1v) is 14.0. The van der Waals surface area contributed by atoms with E-state index in [9.17, 15) is 30.8 Å². The minimum atomic E-state index is -4.72. The molecule has 1 saturated heterocycles. The highest BCUT2D eigenvalue weighted by Gasteiger charge is 2.51. The zero-order valence-corrected chi connectivity index (χ0v) is 22.0.